The van der Waals surface area contributed by atoms with Crippen LogP contribution in [-0.4, -0.2) is 57.6 Å². The molecule has 2 aliphatic rings. The number of hydrogen-bond acceptors (Lipinski definition) is 6. The molecule has 1 saturated heterocycles. The van der Waals surface area contributed by atoms with E-state index in [2.05, 4.69) is 4.72 Å². The van der Waals surface area contributed by atoms with Crippen molar-refractivity contribution in [3.63, 3.8) is 0 Å². The number of piperidine rings is 1. The highest BCUT2D eigenvalue weighted by atomic mass is 35.5. The summed E-state index contributed by atoms with van der Waals surface area (Å²) in [6, 6.07) is 13.6. The molecule has 0 radical (unpaired) electrons. The lowest BCUT2D eigenvalue weighted by molar-refractivity contribution is -0.145. The Hall–Kier alpha value is -3.25. The smallest absolute Gasteiger partial charge is 0.298 e. The number of halogens is 3. The van der Waals surface area contributed by atoms with Crippen molar-refractivity contribution in [3.8, 4) is 22.6 Å². The van der Waals surface area contributed by atoms with Crippen LogP contribution in [-0.2, 0) is 20.7 Å². The average molecular weight is 690 g/mol. The molecule has 3 aromatic rings. The van der Waals surface area contributed by atoms with Crippen LogP contribution in [0.4, 0.5) is 8.78 Å². The molecule has 12 heteroatoms. The minimum atomic E-state index is -4.55. The van der Waals surface area contributed by atoms with Gasteiger partial charge in [0.05, 0.1) is 23.1 Å². The number of nitrogens with two attached hydrogens (primary N) is 1. The fourth-order valence-electron chi connectivity index (χ4n) is 6.09. The predicted octanol–water partition coefficient (Wildman–Crippen LogP) is 6.75. The van der Waals surface area contributed by atoms with E-state index in [9.17, 15) is 13.2 Å². The second-order valence-electron chi connectivity index (χ2n) is 12.3. The summed E-state index contributed by atoms with van der Waals surface area (Å²) >= 11 is 6.20. The molecule has 8 nitrogen and oxygen atoms in total. The molecular weight excluding hydrogens is 648 g/mol. The third kappa shape index (κ3) is 8.62. The Morgan fingerprint density at radius 3 is 2.23 bits per heavy atom. The monoisotopic (exact) mass is 689 g/mol. The van der Waals surface area contributed by atoms with Gasteiger partial charge in [0.1, 0.15) is 11.5 Å². The molecule has 1 atom stereocenters. The van der Waals surface area contributed by atoms with Gasteiger partial charge >= 0.3 is 0 Å². The lowest BCUT2D eigenvalue weighted by Gasteiger charge is -2.35. The van der Waals surface area contributed by atoms with Crippen molar-refractivity contribution in [1.82, 2.24) is 9.62 Å². The lowest BCUT2D eigenvalue weighted by atomic mass is 9.90. The van der Waals surface area contributed by atoms with Crippen molar-refractivity contribution in [2.75, 3.05) is 26.3 Å². The minimum absolute atomic E-state index is 0.152. The van der Waals surface area contributed by atoms with Crippen LogP contribution in [0.1, 0.15) is 57.4 Å². The molecule has 1 saturated carbocycles. The maximum Gasteiger partial charge on any atom is 0.298 e. The van der Waals surface area contributed by atoms with E-state index in [4.69, 9.17) is 26.8 Å². The van der Waals surface area contributed by atoms with Crippen molar-refractivity contribution in [3.05, 3.63) is 77.3 Å². The van der Waals surface area contributed by atoms with E-state index in [1.54, 1.807) is 18.2 Å². The van der Waals surface area contributed by atoms with Gasteiger partial charge in [-0.2, -0.15) is 13.5 Å². The minimum Gasteiger partial charge on any atom is -0.493 e. The standard InChI is InChI=1S/C35H42ClF2N3O5S/c1-2-45-32-22-26(10-17-31(32)36)25-8-11-27(12-9-25)35(37,38)33(34(42)41-20-18-28(39)19-21-41)40-47(43,44)30-15-13-29(14-16-30)46-23-24-6-4-3-5-7-24/h8-17,22,24,28,33,40H,2-7,18-21,23,39H2,1H3. The van der Waals surface area contributed by atoms with Gasteiger partial charge in [-0.05, 0) is 86.1 Å². The molecule has 47 heavy (non-hydrogen) atoms. The maximum atomic E-state index is 16.4. The first kappa shape index (κ1) is 35.1. The molecule has 0 bridgehead atoms. The largest absolute Gasteiger partial charge is 0.493 e. The third-order valence-electron chi connectivity index (χ3n) is 8.91. The summed E-state index contributed by atoms with van der Waals surface area (Å²) in [7, 11) is -4.55. The SMILES string of the molecule is CCOc1cc(-c2ccc(C(F)(F)C(NS(=O)(=O)c3ccc(OCC4CCCCC4)cc3)C(=O)N3CCC(N)CC3)cc2)ccc1Cl. The summed E-state index contributed by atoms with van der Waals surface area (Å²) in [5.41, 5.74) is 6.77. The topological polar surface area (TPSA) is 111 Å². The van der Waals surface area contributed by atoms with Crippen LogP contribution in [0.2, 0.25) is 5.02 Å². The Kier molecular flexibility index (Phi) is 11.4. The Morgan fingerprint density at radius 1 is 0.957 bits per heavy atom. The second kappa shape index (κ2) is 15.3. The summed E-state index contributed by atoms with van der Waals surface area (Å²) in [6.07, 6.45) is 6.63. The second-order valence-corrected chi connectivity index (χ2v) is 14.4. The van der Waals surface area contributed by atoms with Gasteiger partial charge < -0.3 is 20.1 Å². The van der Waals surface area contributed by atoms with E-state index < -0.39 is 33.5 Å². The lowest BCUT2D eigenvalue weighted by Crippen LogP contribution is -2.57. The highest BCUT2D eigenvalue weighted by molar-refractivity contribution is 7.89. The van der Waals surface area contributed by atoms with Gasteiger partial charge in [0.25, 0.3) is 5.92 Å². The van der Waals surface area contributed by atoms with Gasteiger partial charge in [-0.1, -0.05) is 61.2 Å². The number of carbonyl (C=O) groups is 1. The Balaban J connectivity index is 1.38. The summed E-state index contributed by atoms with van der Waals surface area (Å²) in [5.74, 6) is -3.50. The maximum absolute atomic E-state index is 16.4. The number of rotatable bonds is 12. The number of nitrogens with one attached hydrogen (secondary N) is 1. The molecule has 1 unspecified atom stereocenters. The van der Waals surface area contributed by atoms with Gasteiger partial charge in [-0.25, -0.2) is 8.42 Å². The van der Waals surface area contributed by atoms with Crippen molar-refractivity contribution < 1.29 is 31.5 Å². The van der Waals surface area contributed by atoms with Gasteiger partial charge in [-0.15, -0.1) is 0 Å². The number of amides is 1. The average Bonchev–Trinajstić information content (AvgIpc) is 3.08. The molecule has 2 fully saturated rings. The van der Waals surface area contributed by atoms with Gasteiger partial charge in [0, 0.05) is 24.7 Å². The molecule has 254 valence electrons. The van der Waals surface area contributed by atoms with E-state index in [0.29, 0.717) is 59.6 Å². The highest BCUT2D eigenvalue weighted by Crippen LogP contribution is 2.37. The van der Waals surface area contributed by atoms with Crippen molar-refractivity contribution in [1.29, 1.82) is 0 Å². The number of alkyl halides is 2. The van der Waals surface area contributed by atoms with Crippen LogP contribution in [0.15, 0.2) is 71.6 Å². The zero-order valence-corrected chi connectivity index (χ0v) is 28.0. The van der Waals surface area contributed by atoms with Crippen molar-refractivity contribution in [2.45, 2.75) is 74.8 Å². The molecule has 1 aliphatic carbocycles. The van der Waals surface area contributed by atoms with E-state index in [0.717, 1.165) is 12.8 Å². The first-order valence-electron chi connectivity index (χ1n) is 16.2. The molecule has 3 aromatic carbocycles. The Bertz CT molecular complexity index is 1610. The molecule has 1 aliphatic heterocycles. The van der Waals surface area contributed by atoms with Crippen molar-refractivity contribution >= 4 is 27.5 Å². The first-order chi connectivity index (χ1) is 22.5. The normalized spacial score (nSPS) is 17.3. The first-order valence-corrected chi connectivity index (χ1v) is 18.0. The molecule has 0 aromatic heterocycles. The zero-order valence-electron chi connectivity index (χ0n) is 26.5. The highest BCUT2D eigenvalue weighted by Gasteiger charge is 2.50. The summed E-state index contributed by atoms with van der Waals surface area (Å²) < 4.78 is 73.3. The Morgan fingerprint density at radius 2 is 1.60 bits per heavy atom. The number of hydrogen-bond donors (Lipinski definition) is 2. The number of nitrogens with zero attached hydrogens (tertiary/aromatic N) is 1. The summed E-state index contributed by atoms with van der Waals surface area (Å²) in [5, 5.41) is 0.424. The predicted molar refractivity (Wildman–Crippen MR) is 178 cm³/mol. The zero-order chi connectivity index (χ0) is 33.6. The Labute approximate surface area is 280 Å². The fourth-order valence-corrected chi connectivity index (χ4v) is 7.45. The van der Waals surface area contributed by atoms with Crippen LogP contribution in [0.3, 0.4) is 0 Å². The number of benzene rings is 3. The number of likely N-dealkylation sites (tertiary alicyclic amines) is 1. The van der Waals surface area contributed by atoms with E-state index >= 15 is 8.78 Å². The van der Waals surface area contributed by atoms with Crippen LogP contribution in [0.5, 0.6) is 11.5 Å². The molecule has 0 spiro atoms. The van der Waals surface area contributed by atoms with Crippen LogP contribution in [0.25, 0.3) is 11.1 Å². The molecule has 5 rings (SSSR count). The molecule has 1 amide bonds. The quantitative estimate of drug-likeness (QED) is 0.218. The van der Waals surface area contributed by atoms with Gasteiger partial charge in [-0.3, -0.25) is 4.79 Å². The van der Waals surface area contributed by atoms with E-state index in [1.165, 1.54) is 72.7 Å². The van der Waals surface area contributed by atoms with Crippen LogP contribution in [0, 0.1) is 5.92 Å². The van der Waals surface area contributed by atoms with Crippen LogP contribution < -0.4 is 19.9 Å². The molecule has 1 heterocycles. The number of ether oxygens (including phenoxy) is 2. The summed E-state index contributed by atoms with van der Waals surface area (Å²) in [4.78, 5) is 14.7. The molecule has 3 N–H and O–H groups in total. The van der Waals surface area contributed by atoms with Gasteiger partial charge in [0.2, 0.25) is 15.9 Å². The number of sulfonamides is 1. The third-order valence-corrected chi connectivity index (χ3v) is 10.7. The van der Waals surface area contributed by atoms with E-state index in [1.807, 2.05) is 6.92 Å². The van der Waals surface area contributed by atoms with Crippen LogP contribution >= 0.6 is 11.6 Å². The fraction of sp³-hybridized carbons (Fsp3) is 0.457. The summed E-state index contributed by atoms with van der Waals surface area (Å²) in [6.45, 7) is 3.07. The van der Waals surface area contributed by atoms with Gasteiger partial charge in [0.15, 0.2) is 6.04 Å². The molecular formula is C35H42ClF2N3O5S. The van der Waals surface area contributed by atoms with E-state index in [-0.39, 0.29) is 24.0 Å². The van der Waals surface area contributed by atoms with Crippen molar-refractivity contribution in [2.24, 2.45) is 11.7 Å². The number of carbonyl (C=O) groups excluding carboxylic acids is 1.